The van der Waals surface area contributed by atoms with Crippen LogP contribution in [0.25, 0.3) is 0 Å². The number of nitrogens with zero attached hydrogens (tertiary/aromatic N) is 1. The molecule has 0 heterocycles. The number of hydrogen-bond acceptors (Lipinski definition) is 5. The summed E-state index contributed by atoms with van der Waals surface area (Å²) in [7, 11) is 1.83. The maximum absolute atomic E-state index is 12.0. The molecule has 0 aliphatic heterocycles. The summed E-state index contributed by atoms with van der Waals surface area (Å²) < 4.78 is 0. The Hall–Kier alpha value is -1.31. The van der Waals surface area contributed by atoms with Gasteiger partial charge in [-0.2, -0.15) is 0 Å². The molecule has 1 rings (SSSR count). The Morgan fingerprint density at radius 3 is 2.65 bits per heavy atom. The predicted octanol–water partition coefficient (Wildman–Crippen LogP) is 2.08. The molecular formula is C12H18ClN3O3S. The molecule has 0 spiro atoms. The highest BCUT2D eigenvalue weighted by Crippen LogP contribution is 2.24. The van der Waals surface area contributed by atoms with E-state index in [4.69, 9.17) is 0 Å². The van der Waals surface area contributed by atoms with Crippen molar-refractivity contribution in [1.82, 2.24) is 10.6 Å². The second-order valence-electron chi connectivity index (χ2n) is 3.85. The zero-order valence-electron chi connectivity index (χ0n) is 11.3. The highest BCUT2D eigenvalue weighted by Gasteiger charge is 2.20. The Labute approximate surface area is 128 Å². The van der Waals surface area contributed by atoms with Crippen LogP contribution in [-0.2, 0) is 0 Å². The minimum atomic E-state index is -0.535. The van der Waals surface area contributed by atoms with Gasteiger partial charge in [0.2, 0.25) is 0 Å². The van der Waals surface area contributed by atoms with Gasteiger partial charge in [-0.25, -0.2) is 0 Å². The Morgan fingerprint density at radius 1 is 1.40 bits per heavy atom. The minimum Gasteiger partial charge on any atom is -0.352 e. The molecule has 0 aromatic heterocycles. The van der Waals surface area contributed by atoms with Crippen LogP contribution in [0, 0.1) is 10.1 Å². The Kier molecular flexibility index (Phi) is 8.94. The summed E-state index contributed by atoms with van der Waals surface area (Å²) in [5.41, 5.74) is -0.0507. The molecule has 20 heavy (non-hydrogen) atoms. The zero-order valence-corrected chi connectivity index (χ0v) is 13.0. The van der Waals surface area contributed by atoms with Gasteiger partial charge in [0.15, 0.2) is 0 Å². The Balaban J connectivity index is 0.00000361. The molecule has 0 bridgehead atoms. The van der Waals surface area contributed by atoms with Crippen LogP contribution in [0.2, 0.25) is 0 Å². The van der Waals surface area contributed by atoms with Gasteiger partial charge in [0, 0.05) is 17.5 Å². The van der Waals surface area contributed by atoms with E-state index in [1.807, 2.05) is 13.3 Å². The number of amides is 1. The second-order valence-corrected chi connectivity index (χ2v) is 4.73. The average molecular weight is 320 g/mol. The van der Waals surface area contributed by atoms with Crippen molar-refractivity contribution in [3.63, 3.8) is 0 Å². The maximum Gasteiger partial charge on any atom is 0.282 e. The molecule has 0 fully saturated rings. The molecule has 2 N–H and O–H groups in total. The van der Waals surface area contributed by atoms with E-state index in [2.05, 4.69) is 10.6 Å². The SMILES string of the molecule is CNCCCNC(=O)c1cc(SC)ccc1[N+](=O)[O-].Cl. The lowest BCUT2D eigenvalue weighted by Crippen LogP contribution is -2.27. The molecule has 1 amide bonds. The zero-order chi connectivity index (χ0) is 14.3. The van der Waals surface area contributed by atoms with Crippen LogP contribution in [0.1, 0.15) is 16.8 Å². The number of nitro groups is 1. The molecular weight excluding hydrogens is 302 g/mol. The Morgan fingerprint density at radius 2 is 2.10 bits per heavy atom. The largest absolute Gasteiger partial charge is 0.352 e. The molecule has 0 aliphatic rings. The van der Waals surface area contributed by atoms with E-state index in [1.54, 1.807) is 12.1 Å². The van der Waals surface area contributed by atoms with Gasteiger partial charge >= 0.3 is 0 Å². The van der Waals surface area contributed by atoms with E-state index < -0.39 is 10.8 Å². The van der Waals surface area contributed by atoms with E-state index in [1.165, 1.54) is 17.8 Å². The first-order valence-corrected chi connectivity index (χ1v) is 7.08. The van der Waals surface area contributed by atoms with Crippen molar-refractivity contribution in [2.75, 3.05) is 26.4 Å². The highest BCUT2D eigenvalue weighted by molar-refractivity contribution is 7.98. The first-order valence-electron chi connectivity index (χ1n) is 5.85. The second kappa shape index (κ2) is 9.57. The lowest BCUT2D eigenvalue weighted by Gasteiger charge is -2.07. The van der Waals surface area contributed by atoms with Crippen molar-refractivity contribution in [2.45, 2.75) is 11.3 Å². The molecule has 0 atom stereocenters. The molecule has 0 unspecified atom stereocenters. The molecule has 0 saturated heterocycles. The first-order chi connectivity index (χ1) is 9.10. The third kappa shape index (κ3) is 5.36. The number of hydrogen-bond donors (Lipinski definition) is 2. The Bertz CT molecular complexity index is 471. The van der Waals surface area contributed by atoms with Crippen LogP contribution >= 0.6 is 24.2 Å². The number of halogens is 1. The monoisotopic (exact) mass is 319 g/mol. The summed E-state index contributed by atoms with van der Waals surface area (Å²) in [5.74, 6) is -0.404. The smallest absolute Gasteiger partial charge is 0.282 e. The van der Waals surface area contributed by atoms with Crippen LogP contribution in [0.5, 0.6) is 0 Å². The fourth-order valence-electron chi connectivity index (χ4n) is 1.55. The fourth-order valence-corrected chi connectivity index (χ4v) is 1.99. The van der Waals surface area contributed by atoms with E-state index in [9.17, 15) is 14.9 Å². The van der Waals surface area contributed by atoms with Crippen molar-refractivity contribution in [3.05, 3.63) is 33.9 Å². The number of carbonyl (C=O) groups excluding carboxylic acids is 1. The van der Waals surface area contributed by atoms with Crippen molar-refractivity contribution in [3.8, 4) is 0 Å². The van der Waals surface area contributed by atoms with Gasteiger partial charge in [0.05, 0.1) is 4.92 Å². The van der Waals surface area contributed by atoms with Gasteiger partial charge in [-0.1, -0.05) is 0 Å². The third-order valence-electron chi connectivity index (χ3n) is 2.53. The van der Waals surface area contributed by atoms with Crippen LogP contribution in [0.15, 0.2) is 23.1 Å². The summed E-state index contributed by atoms with van der Waals surface area (Å²) in [6, 6.07) is 4.56. The molecule has 0 aliphatic carbocycles. The number of carbonyl (C=O) groups is 1. The minimum absolute atomic E-state index is 0. The number of rotatable bonds is 7. The normalized spacial score (nSPS) is 9.70. The molecule has 0 saturated carbocycles. The topological polar surface area (TPSA) is 84.3 Å². The molecule has 112 valence electrons. The van der Waals surface area contributed by atoms with E-state index in [-0.39, 0.29) is 23.7 Å². The van der Waals surface area contributed by atoms with Gasteiger partial charge in [-0.05, 0) is 38.4 Å². The van der Waals surface area contributed by atoms with Crippen molar-refractivity contribution < 1.29 is 9.72 Å². The van der Waals surface area contributed by atoms with Crippen LogP contribution in [0.3, 0.4) is 0 Å². The van der Waals surface area contributed by atoms with Gasteiger partial charge in [-0.15, -0.1) is 24.2 Å². The molecule has 6 nitrogen and oxygen atoms in total. The molecule has 0 radical (unpaired) electrons. The highest BCUT2D eigenvalue weighted by atomic mass is 35.5. The number of nitrogens with one attached hydrogen (secondary N) is 2. The van der Waals surface area contributed by atoms with Crippen LogP contribution in [-0.4, -0.2) is 37.2 Å². The van der Waals surface area contributed by atoms with Gasteiger partial charge in [0.25, 0.3) is 11.6 Å². The molecule has 1 aromatic rings. The number of thioether (sulfide) groups is 1. The van der Waals surface area contributed by atoms with Gasteiger partial charge in [-0.3, -0.25) is 14.9 Å². The maximum atomic E-state index is 12.0. The molecule has 8 heteroatoms. The van der Waals surface area contributed by atoms with Crippen molar-refractivity contribution in [1.29, 1.82) is 0 Å². The lowest BCUT2D eigenvalue weighted by molar-refractivity contribution is -0.385. The summed E-state index contributed by atoms with van der Waals surface area (Å²) in [4.78, 5) is 23.2. The van der Waals surface area contributed by atoms with Crippen LogP contribution in [0.4, 0.5) is 5.69 Å². The lowest BCUT2D eigenvalue weighted by atomic mass is 10.1. The summed E-state index contributed by atoms with van der Waals surface area (Å²) >= 11 is 1.44. The summed E-state index contributed by atoms with van der Waals surface area (Å²) in [6.45, 7) is 1.27. The average Bonchev–Trinajstić information content (AvgIpc) is 2.42. The van der Waals surface area contributed by atoms with Gasteiger partial charge < -0.3 is 10.6 Å². The third-order valence-corrected chi connectivity index (χ3v) is 3.26. The van der Waals surface area contributed by atoms with Gasteiger partial charge in [0.1, 0.15) is 5.56 Å². The number of nitro benzene ring substituents is 1. The van der Waals surface area contributed by atoms with Crippen LogP contribution < -0.4 is 10.6 Å². The van der Waals surface area contributed by atoms with Crippen molar-refractivity contribution in [2.24, 2.45) is 0 Å². The molecule has 1 aromatic carbocycles. The quantitative estimate of drug-likeness (QED) is 0.348. The van der Waals surface area contributed by atoms with E-state index >= 15 is 0 Å². The standard InChI is InChI=1S/C12H17N3O3S.ClH/c1-13-6-3-7-14-12(16)10-8-9(19-2)4-5-11(10)15(17)18;/h4-5,8,13H,3,6-7H2,1-2H3,(H,14,16);1H. The first kappa shape index (κ1) is 18.7. The predicted molar refractivity (Wildman–Crippen MR) is 83.0 cm³/mol. The van der Waals surface area contributed by atoms with E-state index in [0.717, 1.165) is 17.9 Å². The van der Waals surface area contributed by atoms with E-state index in [0.29, 0.717) is 6.54 Å². The number of benzene rings is 1. The van der Waals surface area contributed by atoms with Crippen molar-refractivity contribution >= 4 is 35.8 Å². The summed E-state index contributed by atoms with van der Waals surface area (Å²) in [6.07, 6.45) is 2.63. The fraction of sp³-hybridized carbons (Fsp3) is 0.417. The summed E-state index contributed by atoms with van der Waals surface area (Å²) in [5, 5.41) is 16.6.